The predicted molar refractivity (Wildman–Crippen MR) is 98.5 cm³/mol. The molecule has 2 N–H and O–H groups in total. The van der Waals surface area contributed by atoms with Crippen molar-refractivity contribution in [3.8, 4) is 0 Å². The molecule has 0 aliphatic carbocycles. The zero-order chi connectivity index (χ0) is 17.1. The van der Waals surface area contributed by atoms with Crippen LogP contribution in [0.5, 0.6) is 0 Å². The number of benzene rings is 1. The normalized spacial score (nSPS) is 16.9. The van der Waals surface area contributed by atoms with Gasteiger partial charge in [-0.2, -0.15) is 0 Å². The monoisotopic (exact) mass is 343 g/mol. The van der Waals surface area contributed by atoms with E-state index in [2.05, 4.69) is 47.7 Å². The Morgan fingerprint density at radius 2 is 2.29 bits per heavy atom. The summed E-state index contributed by atoms with van der Waals surface area (Å²) in [5.41, 5.74) is 4.80. The van der Waals surface area contributed by atoms with Crippen LogP contribution in [0.1, 0.15) is 53.1 Å². The molecule has 0 saturated carbocycles. The van der Waals surface area contributed by atoms with Gasteiger partial charge in [0, 0.05) is 37.1 Å². The van der Waals surface area contributed by atoms with Gasteiger partial charge in [0.25, 0.3) is 0 Å². The lowest BCUT2D eigenvalue weighted by Gasteiger charge is -2.26. The molecule has 24 heavy (non-hydrogen) atoms. The van der Waals surface area contributed by atoms with Gasteiger partial charge in [0.05, 0.1) is 10.9 Å². The maximum Gasteiger partial charge on any atom is 0.228 e. The molecule has 0 saturated heterocycles. The maximum atomic E-state index is 12.6. The Labute approximate surface area is 147 Å². The third-order valence-corrected chi connectivity index (χ3v) is 5.52. The highest BCUT2D eigenvalue weighted by Crippen LogP contribution is 2.27. The highest BCUT2D eigenvalue weighted by molar-refractivity contribution is 7.09. The largest absolute Gasteiger partial charge is 0.355 e. The first kappa shape index (κ1) is 17.1. The molecule has 0 bridgehead atoms. The Hall–Kier alpha value is -1.72. The number of amides is 1. The molecule has 0 radical (unpaired) electrons. The molecule has 1 aliphatic heterocycles. The average Bonchev–Trinajstić information content (AvgIpc) is 2.98. The van der Waals surface area contributed by atoms with E-state index in [4.69, 9.17) is 0 Å². The minimum atomic E-state index is -0.104. The number of aryl methyl sites for hydroxylation is 1. The summed E-state index contributed by atoms with van der Waals surface area (Å²) in [5.74, 6) is 0.508. The van der Waals surface area contributed by atoms with Crippen LogP contribution in [0, 0.1) is 6.92 Å². The number of nitrogens with zero attached hydrogens (tertiary/aromatic N) is 1. The third kappa shape index (κ3) is 3.84. The summed E-state index contributed by atoms with van der Waals surface area (Å²) in [7, 11) is 0. The topological polar surface area (TPSA) is 54.0 Å². The highest BCUT2D eigenvalue weighted by atomic mass is 32.1. The van der Waals surface area contributed by atoms with Crippen molar-refractivity contribution in [1.29, 1.82) is 0 Å². The van der Waals surface area contributed by atoms with Crippen molar-refractivity contribution >= 4 is 17.2 Å². The number of carbonyl (C=O) groups excluding carboxylic acids is 1. The average molecular weight is 343 g/mol. The molecule has 3 rings (SSSR count). The highest BCUT2D eigenvalue weighted by Gasteiger charge is 2.26. The molecule has 2 aromatic rings. The van der Waals surface area contributed by atoms with Crippen LogP contribution in [0.4, 0.5) is 0 Å². The molecule has 0 fully saturated rings. The third-order valence-electron chi connectivity index (χ3n) is 4.49. The van der Waals surface area contributed by atoms with E-state index in [0.717, 1.165) is 23.7 Å². The summed E-state index contributed by atoms with van der Waals surface area (Å²) in [6.07, 6.45) is 0.795. The van der Waals surface area contributed by atoms with Crippen LogP contribution in [0.2, 0.25) is 0 Å². The van der Waals surface area contributed by atoms with E-state index < -0.39 is 0 Å². The van der Waals surface area contributed by atoms with Crippen LogP contribution < -0.4 is 10.6 Å². The van der Waals surface area contributed by atoms with Gasteiger partial charge in [-0.05, 0) is 29.5 Å². The first-order valence-electron chi connectivity index (χ1n) is 8.56. The van der Waals surface area contributed by atoms with Gasteiger partial charge in [0.2, 0.25) is 5.91 Å². The van der Waals surface area contributed by atoms with Crippen LogP contribution in [0.25, 0.3) is 0 Å². The number of carbonyl (C=O) groups is 1. The summed E-state index contributed by atoms with van der Waals surface area (Å²) in [6, 6.07) is 6.54. The lowest BCUT2D eigenvalue weighted by molar-refractivity contribution is -0.122. The molecule has 1 aromatic heterocycles. The van der Waals surface area contributed by atoms with Crippen LogP contribution >= 0.6 is 11.3 Å². The van der Waals surface area contributed by atoms with Gasteiger partial charge in [-0.25, -0.2) is 4.98 Å². The maximum absolute atomic E-state index is 12.6. The molecule has 1 atom stereocenters. The number of nitrogens with one attached hydrogen (secondary N) is 2. The number of hydrogen-bond acceptors (Lipinski definition) is 4. The second-order valence-electron chi connectivity index (χ2n) is 6.72. The van der Waals surface area contributed by atoms with Crippen LogP contribution in [0.3, 0.4) is 0 Å². The van der Waals surface area contributed by atoms with E-state index in [1.54, 1.807) is 11.3 Å². The zero-order valence-electron chi connectivity index (χ0n) is 14.6. The van der Waals surface area contributed by atoms with Gasteiger partial charge < -0.3 is 10.6 Å². The molecule has 1 unspecified atom stereocenters. The number of aromatic nitrogens is 1. The Morgan fingerprint density at radius 3 is 3.00 bits per heavy atom. The summed E-state index contributed by atoms with van der Waals surface area (Å²) in [4.78, 5) is 17.0. The van der Waals surface area contributed by atoms with Crippen LogP contribution in [0.15, 0.2) is 23.6 Å². The molecule has 0 spiro atoms. The Bertz CT molecular complexity index is 723. The quantitative estimate of drug-likeness (QED) is 0.877. The molecule has 1 amide bonds. The second kappa shape index (κ2) is 7.45. The van der Waals surface area contributed by atoms with E-state index in [1.165, 1.54) is 16.7 Å². The molecular weight excluding hydrogens is 318 g/mol. The summed E-state index contributed by atoms with van der Waals surface area (Å²) in [5, 5.41) is 9.58. The fraction of sp³-hybridized carbons (Fsp3) is 0.474. The molecule has 1 aliphatic rings. The van der Waals surface area contributed by atoms with Crippen LogP contribution in [-0.4, -0.2) is 24.0 Å². The Kier molecular flexibility index (Phi) is 5.31. The van der Waals surface area contributed by atoms with E-state index in [0.29, 0.717) is 19.0 Å². The number of rotatable bonds is 5. The number of thiazole rings is 1. The zero-order valence-corrected chi connectivity index (χ0v) is 15.4. The smallest absolute Gasteiger partial charge is 0.228 e. The summed E-state index contributed by atoms with van der Waals surface area (Å²) < 4.78 is 0. The van der Waals surface area contributed by atoms with E-state index in [-0.39, 0.29) is 11.8 Å². The van der Waals surface area contributed by atoms with Crippen molar-refractivity contribution in [2.45, 2.75) is 45.6 Å². The summed E-state index contributed by atoms with van der Waals surface area (Å²) in [6.45, 7) is 8.58. The SMILES string of the molecule is Cc1csc(CCNC(=O)C2CNCc3cc(C(C)C)ccc32)n1. The van der Waals surface area contributed by atoms with Gasteiger partial charge in [-0.3, -0.25) is 4.79 Å². The van der Waals surface area contributed by atoms with E-state index in [9.17, 15) is 4.79 Å². The van der Waals surface area contributed by atoms with Gasteiger partial charge >= 0.3 is 0 Å². The minimum Gasteiger partial charge on any atom is -0.355 e. The van der Waals surface area contributed by atoms with Crippen molar-refractivity contribution in [2.75, 3.05) is 13.1 Å². The number of hydrogen-bond donors (Lipinski definition) is 2. The molecule has 128 valence electrons. The first-order chi connectivity index (χ1) is 11.5. The fourth-order valence-electron chi connectivity index (χ4n) is 3.11. The molecule has 1 aromatic carbocycles. The van der Waals surface area contributed by atoms with Crippen molar-refractivity contribution < 1.29 is 4.79 Å². The van der Waals surface area contributed by atoms with Crippen molar-refractivity contribution in [2.24, 2.45) is 0 Å². The van der Waals surface area contributed by atoms with Gasteiger partial charge in [0.1, 0.15) is 0 Å². The predicted octanol–water partition coefficient (Wildman–Crippen LogP) is 3.12. The standard InChI is InChI=1S/C19H25N3OS/c1-12(2)14-4-5-16-15(8-14)9-20-10-17(16)19(23)21-7-6-18-22-13(3)11-24-18/h4-5,8,11-12,17,20H,6-7,9-10H2,1-3H3,(H,21,23). The van der Waals surface area contributed by atoms with Crippen molar-refractivity contribution in [3.05, 3.63) is 51.0 Å². The van der Waals surface area contributed by atoms with E-state index in [1.807, 2.05) is 12.3 Å². The number of fused-ring (bicyclic) bond motifs is 1. The Morgan fingerprint density at radius 1 is 1.46 bits per heavy atom. The summed E-state index contributed by atoms with van der Waals surface area (Å²) >= 11 is 1.65. The fourth-order valence-corrected chi connectivity index (χ4v) is 3.88. The van der Waals surface area contributed by atoms with Crippen LogP contribution in [-0.2, 0) is 17.8 Å². The lowest BCUT2D eigenvalue weighted by Crippen LogP contribution is -2.39. The van der Waals surface area contributed by atoms with Gasteiger partial charge in [0.15, 0.2) is 0 Å². The van der Waals surface area contributed by atoms with Gasteiger partial charge in [-0.1, -0.05) is 32.0 Å². The molecular formula is C19H25N3OS. The molecule has 2 heterocycles. The first-order valence-corrected chi connectivity index (χ1v) is 9.44. The Balaban J connectivity index is 1.64. The molecule has 4 nitrogen and oxygen atoms in total. The van der Waals surface area contributed by atoms with Gasteiger partial charge in [-0.15, -0.1) is 11.3 Å². The second-order valence-corrected chi connectivity index (χ2v) is 7.66. The van der Waals surface area contributed by atoms with E-state index >= 15 is 0 Å². The molecule has 5 heteroatoms. The minimum absolute atomic E-state index is 0.104. The lowest BCUT2D eigenvalue weighted by atomic mass is 9.87. The van der Waals surface area contributed by atoms with Crippen molar-refractivity contribution in [1.82, 2.24) is 15.6 Å². The van der Waals surface area contributed by atoms with Crippen molar-refractivity contribution in [3.63, 3.8) is 0 Å².